The quantitative estimate of drug-likeness (QED) is 0.769. The average Bonchev–Trinajstić information content (AvgIpc) is 2.67. The number of benzene rings is 2. The van der Waals surface area contributed by atoms with Crippen LogP contribution in [0.1, 0.15) is 29.6 Å². The number of nitrogens with zero attached hydrogens (tertiary/aromatic N) is 1. The number of primary amides is 1. The molecule has 3 rings (SSSR count). The molecule has 1 saturated heterocycles. The number of nitrogens with two attached hydrogens (primary N) is 1. The van der Waals surface area contributed by atoms with Crippen molar-refractivity contribution in [1.82, 2.24) is 4.90 Å². The molecule has 1 atom stereocenters. The summed E-state index contributed by atoms with van der Waals surface area (Å²) in [5.41, 5.74) is 4.10. The van der Waals surface area contributed by atoms with Crippen LogP contribution >= 0.6 is 11.6 Å². The molecule has 2 N–H and O–H groups in total. The van der Waals surface area contributed by atoms with E-state index in [1.54, 1.807) is 24.3 Å². The minimum atomic E-state index is -0.918. The highest BCUT2D eigenvalue weighted by Gasteiger charge is 2.40. The number of likely N-dealkylation sites (tertiary alicyclic amines) is 1. The van der Waals surface area contributed by atoms with Gasteiger partial charge in [0.15, 0.2) is 0 Å². The van der Waals surface area contributed by atoms with Gasteiger partial charge in [-0.05, 0) is 49.2 Å². The smallest absolute Gasteiger partial charge is 0.259 e. The molecule has 1 aliphatic heterocycles. The van der Waals surface area contributed by atoms with Gasteiger partial charge in [-0.3, -0.25) is 9.59 Å². The van der Waals surface area contributed by atoms with Crippen molar-refractivity contribution in [3.8, 4) is 5.75 Å². The Kier molecular flexibility index (Phi) is 6.37. The summed E-state index contributed by atoms with van der Waals surface area (Å²) in [4.78, 5) is 25.9. The van der Waals surface area contributed by atoms with Gasteiger partial charge in [0.05, 0.1) is 6.61 Å². The largest absolute Gasteiger partial charge is 0.493 e. The van der Waals surface area contributed by atoms with E-state index in [2.05, 4.69) is 0 Å². The van der Waals surface area contributed by atoms with E-state index in [0.29, 0.717) is 30.2 Å². The van der Waals surface area contributed by atoms with Crippen molar-refractivity contribution in [2.45, 2.75) is 19.3 Å². The van der Waals surface area contributed by atoms with Crippen molar-refractivity contribution in [2.75, 3.05) is 19.7 Å². The van der Waals surface area contributed by atoms with E-state index >= 15 is 0 Å². The molecule has 1 heterocycles. The van der Waals surface area contributed by atoms with Crippen molar-refractivity contribution in [1.29, 1.82) is 0 Å². The Morgan fingerprint density at radius 3 is 2.41 bits per heavy atom. The fraction of sp³-hybridized carbons (Fsp3) is 0.333. The van der Waals surface area contributed by atoms with Crippen LogP contribution in [0.3, 0.4) is 0 Å². The first kappa shape index (κ1) is 21.0. The second kappa shape index (κ2) is 8.78. The molecule has 2 amide bonds. The van der Waals surface area contributed by atoms with Gasteiger partial charge in [-0.15, -0.1) is 0 Å². The van der Waals surface area contributed by atoms with Crippen molar-refractivity contribution in [2.24, 2.45) is 11.1 Å². The zero-order chi connectivity index (χ0) is 21.0. The molecule has 29 heavy (non-hydrogen) atoms. The van der Waals surface area contributed by atoms with E-state index in [-0.39, 0.29) is 19.6 Å². The number of ether oxygens (including phenoxy) is 1. The number of rotatable bonds is 6. The van der Waals surface area contributed by atoms with E-state index in [1.807, 2.05) is 0 Å². The molecule has 0 aromatic heterocycles. The van der Waals surface area contributed by atoms with Crippen LogP contribution in [-0.4, -0.2) is 36.4 Å². The molecule has 0 unspecified atom stereocenters. The van der Waals surface area contributed by atoms with E-state index in [0.717, 1.165) is 12.1 Å². The zero-order valence-electron chi connectivity index (χ0n) is 15.7. The van der Waals surface area contributed by atoms with Crippen LogP contribution in [0.25, 0.3) is 0 Å². The van der Waals surface area contributed by atoms with Gasteiger partial charge in [-0.25, -0.2) is 8.78 Å². The predicted molar refractivity (Wildman–Crippen MR) is 105 cm³/mol. The Balaban J connectivity index is 1.80. The second-order valence-electron chi connectivity index (χ2n) is 7.31. The van der Waals surface area contributed by atoms with Crippen LogP contribution < -0.4 is 10.5 Å². The van der Waals surface area contributed by atoms with Crippen LogP contribution in [0, 0.1) is 17.0 Å². The van der Waals surface area contributed by atoms with Crippen molar-refractivity contribution >= 4 is 23.4 Å². The normalized spacial score (nSPS) is 19.1. The van der Waals surface area contributed by atoms with Crippen LogP contribution in [0.5, 0.6) is 5.75 Å². The molecular formula is C21H21ClF2N2O3. The van der Waals surface area contributed by atoms with Gasteiger partial charge in [0.1, 0.15) is 22.9 Å². The summed E-state index contributed by atoms with van der Waals surface area (Å²) in [6.45, 7) is 0.561. The number of halogens is 3. The molecule has 154 valence electrons. The predicted octanol–water partition coefficient (Wildman–Crippen LogP) is 3.80. The number of hydrogen-bond acceptors (Lipinski definition) is 3. The molecule has 5 nitrogen and oxygen atoms in total. The Morgan fingerprint density at radius 1 is 1.14 bits per heavy atom. The second-order valence-corrected chi connectivity index (χ2v) is 7.75. The SMILES string of the molecule is NC(=O)C[C@@]1(COc2ccc(Cl)cc2)CCCN(C(=O)c2c(F)cccc2F)C1. The fourth-order valence-corrected chi connectivity index (χ4v) is 3.82. The lowest BCUT2D eigenvalue weighted by Crippen LogP contribution is -2.50. The minimum Gasteiger partial charge on any atom is -0.493 e. The lowest BCUT2D eigenvalue weighted by atomic mass is 9.77. The van der Waals surface area contributed by atoms with E-state index in [9.17, 15) is 18.4 Å². The van der Waals surface area contributed by atoms with E-state index < -0.39 is 34.4 Å². The molecule has 2 aromatic carbocycles. The van der Waals surface area contributed by atoms with Crippen LogP contribution in [0.2, 0.25) is 5.02 Å². The molecular weight excluding hydrogens is 402 g/mol. The van der Waals surface area contributed by atoms with Gasteiger partial charge < -0.3 is 15.4 Å². The summed E-state index contributed by atoms with van der Waals surface area (Å²) in [5, 5.41) is 0.561. The first-order valence-electron chi connectivity index (χ1n) is 9.20. The molecule has 0 bridgehead atoms. The first-order chi connectivity index (χ1) is 13.8. The summed E-state index contributed by atoms with van der Waals surface area (Å²) < 4.78 is 34.0. The Morgan fingerprint density at radius 2 is 1.79 bits per heavy atom. The molecule has 0 spiro atoms. The summed E-state index contributed by atoms with van der Waals surface area (Å²) in [6, 6.07) is 10.0. The molecule has 1 aliphatic rings. The summed E-state index contributed by atoms with van der Waals surface area (Å²) in [6.07, 6.45) is 1.14. The maximum absolute atomic E-state index is 14.1. The third-order valence-corrected chi connectivity index (χ3v) is 5.29. The topological polar surface area (TPSA) is 72.6 Å². The Labute approximate surface area is 172 Å². The number of carbonyl (C=O) groups is 2. The number of amides is 2. The van der Waals surface area contributed by atoms with Gasteiger partial charge in [0.25, 0.3) is 5.91 Å². The standard InChI is InChI=1S/C21H21ClF2N2O3/c22-14-5-7-15(8-6-14)29-13-21(11-18(25)27)9-2-10-26(12-21)20(28)19-16(23)3-1-4-17(19)24/h1,3-8H,2,9-13H2,(H2,25,27)/t21-/m0/s1. The highest BCUT2D eigenvalue weighted by Crippen LogP contribution is 2.35. The molecule has 8 heteroatoms. The molecule has 2 aromatic rings. The van der Waals surface area contributed by atoms with Crippen molar-refractivity contribution in [3.63, 3.8) is 0 Å². The molecule has 0 saturated carbocycles. The maximum atomic E-state index is 14.1. The number of piperidine rings is 1. The molecule has 0 radical (unpaired) electrons. The summed E-state index contributed by atoms with van der Waals surface area (Å²) >= 11 is 5.87. The Hall–Kier alpha value is -2.67. The molecule has 1 fully saturated rings. The number of carbonyl (C=O) groups excluding carboxylic acids is 2. The fourth-order valence-electron chi connectivity index (χ4n) is 3.69. The van der Waals surface area contributed by atoms with Crippen LogP contribution in [0.4, 0.5) is 8.78 Å². The van der Waals surface area contributed by atoms with Gasteiger partial charge >= 0.3 is 0 Å². The zero-order valence-corrected chi connectivity index (χ0v) is 16.4. The summed E-state index contributed by atoms with van der Waals surface area (Å²) in [5.74, 6) is -2.56. The maximum Gasteiger partial charge on any atom is 0.259 e. The lowest BCUT2D eigenvalue weighted by molar-refractivity contribution is -0.122. The number of hydrogen-bond donors (Lipinski definition) is 1. The van der Waals surface area contributed by atoms with Crippen LogP contribution in [0.15, 0.2) is 42.5 Å². The van der Waals surface area contributed by atoms with Gasteiger partial charge in [0, 0.05) is 29.9 Å². The minimum absolute atomic E-state index is 0.00980. The van der Waals surface area contributed by atoms with Gasteiger partial charge in [0.2, 0.25) is 5.91 Å². The van der Waals surface area contributed by atoms with Gasteiger partial charge in [-0.1, -0.05) is 17.7 Å². The Bertz CT molecular complexity index is 887. The summed E-state index contributed by atoms with van der Waals surface area (Å²) in [7, 11) is 0. The monoisotopic (exact) mass is 422 g/mol. The van der Waals surface area contributed by atoms with Crippen molar-refractivity contribution < 1.29 is 23.1 Å². The van der Waals surface area contributed by atoms with Gasteiger partial charge in [-0.2, -0.15) is 0 Å². The molecule has 0 aliphatic carbocycles. The average molecular weight is 423 g/mol. The highest BCUT2D eigenvalue weighted by atomic mass is 35.5. The van der Waals surface area contributed by atoms with Crippen LogP contribution in [-0.2, 0) is 4.79 Å². The van der Waals surface area contributed by atoms with Crippen molar-refractivity contribution in [3.05, 3.63) is 64.7 Å². The van der Waals surface area contributed by atoms with E-state index in [4.69, 9.17) is 22.1 Å². The highest BCUT2D eigenvalue weighted by molar-refractivity contribution is 6.30. The first-order valence-corrected chi connectivity index (χ1v) is 9.57. The third kappa shape index (κ3) is 5.03. The lowest BCUT2D eigenvalue weighted by Gasteiger charge is -2.42. The third-order valence-electron chi connectivity index (χ3n) is 5.03. The van der Waals surface area contributed by atoms with E-state index in [1.165, 1.54) is 11.0 Å².